The second-order valence-electron chi connectivity index (χ2n) is 5.68. The maximum Gasteiger partial charge on any atom is 0.408 e. The van der Waals surface area contributed by atoms with E-state index in [1.807, 2.05) is 6.07 Å². The number of nitro groups is 1. The van der Waals surface area contributed by atoms with Crippen molar-refractivity contribution in [1.82, 2.24) is 5.32 Å². The standard InChI is InChI=1S/C18H18N2O6/c1-12-9-14(7-8-16(12)20(24)25)10-15(17(21)22)19-18(23)26-11-13-5-3-2-4-6-13/h2-9,15H,10-11H2,1H3,(H,19,23)(H,21,22). The van der Waals surface area contributed by atoms with Gasteiger partial charge in [0.15, 0.2) is 0 Å². The summed E-state index contributed by atoms with van der Waals surface area (Å²) in [6.07, 6.45) is -0.867. The molecule has 0 spiro atoms. The molecule has 0 bridgehead atoms. The van der Waals surface area contributed by atoms with E-state index in [0.29, 0.717) is 11.1 Å². The Hall–Kier alpha value is -3.42. The number of nitrogens with zero attached hydrogens (tertiary/aromatic N) is 1. The summed E-state index contributed by atoms with van der Waals surface area (Å²) < 4.78 is 5.02. The van der Waals surface area contributed by atoms with Gasteiger partial charge in [0.05, 0.1) is 4.92 Å². The van der Waals surface area contributed by atoms with E-state index in [1.165, 1.54) is 18.2 Å². The van der Waals surface area contributed by atoms with Crippen molar-refractivity contribution < 1.29 is 24.4 Å². The van der Waals surface area contributed by atoms with Crippen LogP contribution in [0.3, 0.4) is 0 Å². The van der Waals surface area contributed by atoms with Gasteiger partial charge in [0, 0.05) is 18.1 Å². The average molecular weight is 358 g/mol. The van der Waals surface area contributed by atoms with Crippen LogP contribution in [0.1, 0.15) is 16.7 Å². The monoisotopic (exact) mass is 358 g/mol. The number of alkyl carbamates (subject to hydrolysis) is 1. The normalized spacial score (nSPS) is 11.4. The van der Waals surface area contributed by atoms with Crippen LogP contribution >= 0.6 is 0 Å². The molecule has 1 amide bonds. The Morgan fingerprint density at radius 2 is 1.88 bits per heavy atom. The Morgan fingerprint density at radius 3 is 2.46 bits per heavy atom. The Kier molecular flexibility index (Phi) is 6.26. The fraction of sp³-hybridized carbons (Fsp3) is 0.222. The van der Waals surface area contributed by atoms with Crippen molar-refractivity contribution in [3.8, 4) is 0 Å². The molecule has 2 aromatic carbocycles. The fourth-order valence-corrected chi connectivity index (χ4v) is 2.39. The van der Waals surface area contributed by atoms with Crippen LogP contribution in [0.5, 0.6) is 0 Å². The highest BCUT2D eigenvalue weighted by Crippen LogP contribution is 2.19. The van der Waals surface area contributed by atoms with Crippen molar-refractivity contribution >= 4 is 17.7 Å². The quantitative estimate of drug-likeness (QED) is 0.580. The SMILES string of the molecule is Cc1cc(CC(NC(=O)OCc2ccccc2)C(=O)O)ccc1[N+](=O)[O-]. The first-order chi connectivity index (χ1) is 12.4. The Labute approximate surface area is 149 Å². The maximum absolute atomic E-state index is 11.8. The molecular weight excluding hydrogens is 340 g/mol. The number of aliphatic carboxylic acids is 1. The summed E-state index contributed by atoms with van der Waals surface area (Å²) in [6, 6.07) is 12.1. The minimum Gasteiger partial charge on any atom is -0.480 e. The van der Waals surface area contributed by atoms with Gasteiger partial charge in [0.2, 0.25) is 0 Å². The summed E-state index contributed by atoms with van der Waals surface area (Å²) in [7, 11) is 0. The third-order valence-corrected chi connectivity index (χ3v) is 3.70. The zero-order valence-corrected chi connectivity index (χ0v) is 14.0. The van der Waals surface area contributed by atoms with E-state index in [4.69, 9.17) is 4.74 Å². The lowest BCUT2D eigenvalue weighted by Crippen LogP contribution is -2.42. The van der Waals surface area contributed by atoms with Crippen LogP contribution in [0, 0.1) is 17.0 Å². The number of hydrogen-bond donors (Lipinski definition) is 2. The van der Waals surface area contributed by atoms with Gasteiger partial charge in [-0.25, -0.2) is 9.59 Å². The van der Waals surface area contributed by atoms with Crippen LogP contribution in [-0.4, -0.2) is 28.1 Å². The number of nitrogens with one attached hydrogen (secondary N) is 1. The van der Waals surface area contributed by atoms with Crippen LogP contribution in [0.4, 0.5) is 10.5 Å². The molecule has 0 heterocycles. The third kappa shape index (κ3) is 5.30. The number of rotatable bonds is 7. The summed E-state index contributed by atoms with van der Waals surface area (Å²) in [5.41, 5.74) is 1.71. The average Bonchev–Trinajstić information content (AvgIpc) is 2.60. The van der Waals surface area contributed by atoms with Gasteiger partial charge >= 0.3 is 12.1 Å². The predicted octanol–water partition coefficient (Wildman–Crippen LogP) is 2.83. The highest BCUT2D eigenvalue weighted by Gasteiger charge is 2.22. The van der Waals surface area contributed by atoms with Crippen LogP contribution in [0.25, 0.3) is 0 Å². The lowest BCUT2D eigenvalue weighted by molar-refractivity contribution is -0.385. The number of aryl methyl sites for hydroxylation is 1. The molecule has 0 aliphatic rings. The number of hydrogen-bond acceptors (Lipinski definition) is 5. The summed E-state index contributed by atoms with van der Waals surface area (Å²) in [6.45, 7) is 1.59. The summed E-state index contributed by atoms with van der Waals surface area (Å²) >= 11 is 0. The lowest BCUT2D eigenvalue weighted by Gasteiger charge is -2.15. The van der Waals surface area contributed by atoms with Crippen molar-refractivity contribution in [3.05, 3.63) is 75.3 Å². The van der Waals surface area contributed by atoms with E-state index >= 15 is 0 Å². The molecule has 0 saturated heterocycles. The zero-order chi connectivity index (χ0) is 19.1. The van der Waals surface area contributed by atoms with Crippen molar-refractivity contribution in [2.45, 2.75) is 26.0 Å². The first-order valence-corrected chi connectivity index (χ1v) is 7.80. The van der Waals surface area contributed by atoms with Gasteiger partial charge in [-0.15, -0.1) is 0 Å². The van der Waals surface area contributed by atoms with Gasteiger partial charge in [-0.05, 0) is 24.1 Å². The molecule has 8 nitrogen and oxygen atoms in total. The van der Waals surface area contributed by atoms with E-state index in [1.54, 1.807) is 31.2 Å². The van der Waals surface area contributed by atoms with Crippen molar-refractivity contribution in [1.29, 1.82) is 0 Å². The molecule has 1 unspecified atom stereocenters. The van der Waals surface area contributed by atoms with Gasteiger partial charge in [-0.3, -0.25) is 10.1 Å². The molecular formula is C18H18N2O6. The number of carboxylic acids is 1. The van der Waals surface area contributed by atoms with Crippen molar-refractivity contribution in [2.75, 3.05) is 0 Å². The molecule has 136 valence electrons. The highest BCUT2D eigenvalue weighted by molar-refractivity contribution is 5.80. The maximum atomic E-state index is 11.8. The molecule has 2 rings (SSSR count). The Balaban J connectivity index is 1.98. The van der Waals surface area contributed by atoms with Crippen LogP contribution < -0.4 is 5.32 Å². The van der Waals surface area contributed by atoms with Gasteiger partial charge < -0.3 is 15.2 Å². The van der Waals surface area contributed by atoms with Crippen LogP contribution in [0.15, 0.2) is 48.5 Å². The molecule has 0 saturated carbocycles. The van der Waals surface area contributed by atoms with Crippen molar-refractivity contribution in [2.24, 2.45) is 0 Å². The van der Waals surface area contributed by atoms with E-state index in [2.05, 4.69) is 5.32 Å². The predicted molar refractivity (Wildman–Crippen MR) is 92.7 cm³/mol. The minimum absolute atomic E-state index is 0.0192. The Bertz CT molecular complexity index is 807. The van der Waals surface area contributed by atoms with E-state index in [-0.39, 0.29) is 18.7 Å². The summed E-state index contributed by atoms with van der Waals surface area (Å²) in [5, 5.41) is 22.4. The first-order valence-electron chi connectivity index (χ1n) is 7.80. The molecule has 0 aromatic heterocycles. The molecule has 0 fully saturated rings. The molecule has 8 heteroatoms. The summed E-state index contributed by atoms with van der Waals surface area (Å²) in [4.78, 5) is 33.6. The van der Waals surface area contributed by atoms with Gasteiger partial charge in [-0.2, -0.15) is 0 Å². The van der Waals surface area contributed by atoms with Crippen molar-refractivity contribution in [3.63, 3.8) is 0 Å². The number of nitro benzene ring substituents is 1. The molecule has 0 aliphatic heterocycles. The second-order valence-corrected chi connectivity index (χ2v) is 5.68. The van der Waals surface area contributed by atoms with Crippen LogP contribution in [-0.2, 0) is 22.6 Å². The number of carbonyl (C=O) groups is 2. The zero-order valence-electron chi connectivity index (χ0n) is 14.0. The molecule has 2 aromatic rings. The number of ether oxygens (including phenoxy) is 1. The van der Waals surface area contributed by atoms with Crippen LogP contribution in [0.2, 0.25) is 0 Å². The summed E-state index contributed by atoms with van der Waals surface area (Å²) in [5.74, 6) is -1.22. The van der Waals surface area contributed by atoms with Gasteiger partial charge in [-0.1, -0.05) is 36.4 Å². The molecule has 2 N–H and O–H groups in total. The van der Waals surface area contributed by atoms with E-state index in [0.717, 1.165) is 5.56 Å². The smallest absolute Gasteiger partial charge is 0.408 e. The second kappa shape index (κ2) is 8.61. The molecule has 1 atom stereocenters. The largest absolute Gasteiger partial charge is 0.480 e. The number of carbonyl (C=O) groups excluding carboxylic acids is 1. The van der Waals surface area contributed by atoms with E-state index in [9.17, 15) is 24.8 Å². The van der Waals surface area contributed by atoms with E-state index < -0.39 is 23.0 Å². The minimum atomic E-state index is -1.22. The lowest BCUT2D eigenvalue weighted by atomic mass is 10.0. The first kappa shape index (κ1) is 18.9. The fourth-order valence-electron chi connectivity index (χ4n) is 2.39. The Morgan fingerprint density at radius 1 is 1.19 bits per heavy atom. The van der Waals surface area contributed by atoms with Gasteiger partial charge in [0.1, 0.15) is 12.6 Å². The topological polar surface area (TPSA) is 119 Å². The molecule has 0 aliphatic carbocycles. The van der Waals surface area contributed by atoms with Gasteiger partial charge in [0.25, 0.3) is 5.69 Å². The molecule has 26 heavy (non-hydrogen) atoms. The number of amides is 1. The third-order valence-electron chi connectivity index (χ3n) is 3.70. The number of carboxylic acid groups (broad SMARTS) is 1. The number of benzene rings is 2. The molecule has 0 radical (unpaired) electrons. The highest BCUT2D eigenvalue weighted by atomic mass is 16.6.